The molecule has 0 radical (unpaired) electrons. The van der Waals surface area contributed by atoms with Crippen LogP contribution in [-0.4, -0.2) is 27.4 Å². The fourth-order valence-corrected chi connectivity index (χ4v) is 1.35. The summed E-state index contributed by atoms with van der Waals surface area (Å²) in [5.41, 5.74) is 2.10. The molecule has 0 fully saturated rings. The summed E-state index contributed by atoms with van der Waals surface area (Å²) in [5, 5.41) is 9.60. The minimum Gasteiger partial charge on any atom is -0.374 e. The zero-order valence-electron chi connectivity index (χ0n) is 8.12. The molecule has 0 saturated carbocycles. The molecule has 1 heterocycles. The summed E-state index contributed by atoms with van der Waals surface area (Å²) in [4.78, 5) is 3.51. The Morgan fingerprint density at radius 2 is 2.13 bits per heavy atom. The smallest absolute Gasteiger partial charge is 0.374 e. The van der Waals surface area contributed by atoms with Crippen molar-refractivity contribution in [2.45, 2.75) is 18.2 Å². The minimum atomic E-state index is -4.79. The predicted octanol–water partition coefficient (Wildman–Crippen LogP) is 0.519. The summed E-state index contributed by atoms with van der Waals surface area (Å²) in [7, 11) is 1.38. The summed E-state index contributed by atoms with van der Waals surface area (Å²) in [6.45, 7) is -0.275. The Kier molecular flexibility index (Phi) is 3.05. The van der Waals surface area contributed by atoms with Crippen molar-refractivity contribution < 1.29 is 18.3 Å². The van der Waals surface area contributed by atoms with Crippen molar-refractivity contribution in [3.05, 3.63) is 18.2 Å². The van der Waals surface area contributed by atoms with Crippen molar-refractivity contribution in [3.63, 3.8) is 0 Å². The van der Waals surface area contributed by atoms with Crippen molar-refractivity contribution in [3.8, 4) is 0 Å². The summed E-state index contributed by atoms with van der Waals surface area (Å²) in [6, 6.07) is 0. The highest BCUT2D eigenvalue weighted by Gasteiger charge is 2.56. The number of hydrogen-bond acceptors (Lipinski definition) is 3. The molecule has 0 aliphatic carbocycles. The Labute approximate surface area is 84.5 Å². The highest BCUT2D eigenvalue weighted by Crippen LogP contribution is 2.40. The third-order valence-electron chi connectivity index (χ3n) is 2.17. The van der Waals surface area contributed by atoms with Crippen LogP contribution in [0.2, 0.25) is 0 Å². The van der Waals surface area contributed by atoms with Gasteiger partial charge in [0.25, 0.3) is 0 Å². The number of hydrogen-bond donors (Lipinski definition) is 2. The van der Waals surface area contributed by atoms with Gasteiger partial charge in [-0.3, -0.25) is 0 Å². The zero-order valence-corrected chi connectivity index (χ0v) is 8.12. The maximum absolute atomic E-state index is 12.7. The molecule has 0 bridgehead atoms. The van der Waals surface area contributed by atoms with E-state index in [0.29, 0.717) is 0 Å². The quantitative estimate of drug-likeness (QED) is 0.785. The van der Waals surface area contributed by atoms with Gasteiger partial charge in [0.05, 0.1) is 0 Å². The van der Waals surface area contributed by atoms with Crippen molar-refractivity contribution in [2.24, 2.45) is 12.8 Å². The molecule has 86 valence electrons. The van der Waals surface area contributed by atoms with Crippen LogP contribution >= 0.6 is 0 Å². The van der Waals surface area contributed by atoms with Gasteiger partial charge in [-0.2, -0.15) is 13.2 Å². The van der Waals surface area contributed by atoms with Crippen molar-refractivity contribution in [1.82, 2.24) is 9.55 Å². The van der Waals surface area contributed by atoms with Crippen LogP contribution in [0.4, 0.5) is 13.2 Å². The number of rotatable bonds is 3. The first-order valence-electron chi connectivity index (χ1n) is 4.30. The first-order valence-corrected chi connectivity index (χ1v) is 4.30. The van der Waals surface area contributed by atoms with Gasteiger partial charge in [0.15, 0.2) is 0 Å². The summed E-state index contributed by atoms with van der Waals surface area (Å²) in [6.07, 6.45) is -2.86. The normalized spacial score (nSPS) is 16.4. The molecular formula is C8H12F3N3O. The van der Waals surface area contributed by atoms with Crippen LogP contribution in [-0.2, 0) is 12.6 Å². The molecule has 4 nitrogen and oxygen atoms in total. The van der Waals surface area contributed by atoms with E-state index in [1.165, 1.54) is 19.4 Å². The number of aryl methyl sites for hydroxylation is 1. The van der Waals surface area contributed by atoms with Crippen LogP contribution in [0.5, 0.6) is 0 Å². The van der Waals surface area contributed by atoms with Gasteiger partial charge in [0.2, 0.25) is 5.60 Å². The van der Waals surface area contributed by atoms with Crippen LogP contribution in [0.3, 0.4) is 0 Å². The Morgan fingerprint density at radius 3 is 2.47 bits per heavy atom. The molecule has 15 heavy (non-hydrogen) atoms. The first kappa shape index (κ1) is 12.0. The SMILES string of the molecule is Cn1ccnc1[C@@](O)(CCN)C(F)(F)F. The van der Waals surface area contributed by atoms with E-state index in [1.807, 2.05) is 0 Å². The van der Waals surface area contributed by atoms with E-state index >= 15 is 0 Å². The molecule has 0 aromatic carbocycles. The fraction of sp³-hybridized carbons (Fsp3) is 0.625. The van der Waals surface area contributed by atoms with Crippen LogP contribution < -0.4 is 5.73 Å². The number of nitrogens with two attached hydrogens (primary N) is 1. The van der Waals surface area contributed by atoms with Gasteiger partial charge >= 0.3 is 6.18 Å². The monoisotopic (exact) mass is 223 g/mol. The van der Waals surface area contributed by atoms with Gasteiger partial charge in [0.1, 0.15) is 5.82 Å². The average molecular weight is 223 g/mol. The highest BCUT2D eigenvalue weighted by molar-refractivity contribution is 5.08. The van der Waals surface area contributed by atoms with E-state index in [4.69, 9.17) is 5.73 Å². The molecule has 1 atom stereocenters. The molecular weight excluding hydrogens is 211 g/mol. The zero-order chi connectivity index (χ0) is 11.7. The van der Waals surface area contributed by atoms with Gasteiger partial charge in [0, 0.05) is 25.9 Å². The van der Waals surface area contributed by atoms with E-state index in [-0.39, 0.29) is 6.54 Å². The Bertz CT molecular complexity index is 336. The lowest BCUT2D eigenvalue weighted by Gasteiger charge is -2.29. The number of halogens is 3. The Hall–Kier alpha value is -1.08. The van der Waals surface area contributed by atoms with Gasteiger partial charge in [-0.05, 0) is 6.54 Å². The molecule has 7 heteroatoms. The molecule has 0 aliphatic heterocycles. The molecule has 1 aromatic rings. The van der Waals surface area contributed by atoms with E-state index in [1.54, 1.807) is 0 Å². The minimum absolute atomic E-state index is 0.275. The lowest BCUT2D eigenvalue weighted by molar-refractivity contribution is -0.272. The van der Waals surface area contributed by atoms with E-state index < -0.39 is 24.0 Å². The molecule has 0 amide bonds. The number of alkyl halides is 3. The standard InChI is InChI=1S/C8H12F3N3O/c1-14-5-4-13-6(14)7(15,2-3-12)8(9,10)11/h4-5,15H,2-3,12H2,1H3/t7-/m0/s1. The van der Waals surface area contributed by atoms with Crippen molar-refractivity contribution >= 4 is 0 Å². The third-order valence-corrected chi connectivity index (χ3v) is 2.17. The largest absolute Gasteiger partial charge is 0.424 e. The molecule has 0 saturated heterocycles. The second kappa shape index (κ2) is 3.82. The van der Waals surface area contributed by atoms with Gasteiger partial charge in [-0.25, -0.2) is 4.98 Å². The molecule has 3 N–H and O–H groups in total. The maximum atomic E-state index is 12.7. The molecule has 0 aliphatic rings. The van der Waals surface area contributed by atoms with Crippen LogP contribution in [0.25, 0.3) is 0 Å². The first-order chi connectivity index (χ1) is 6.83. The molecule has 0 spiro atoms. The van der Waals surface area contributed by atoms with Gasteiger partial charge in [-0.1, -0.05) is 0 Å². The molecule has 1 rings (SSSR count). The summed E-state index contributed by atoms with van der Waals surface area (Å²) < 4.78 is 39.2. The number of aliphatic hydroxyl groups is 1. The lowest BCUT2D eigenvalue weighted by Crippen LogP contribution is -2.45. The number of aromatic nitrogens is 2. The van der Waals surface area contributed by atoms with Crippen LogP contribution in [0, 0.1) is 0 Å². The van der Waals surface area contributed by atoms with E-state index in [0.717, 1.165) is 4.57 Å². The fourth-order valence-electron chi connectivity index (χ4n) is 1.35. The Morgan fingerprint density at radius 1 is 1.53 bits per heavy atom. The number of nitrogens with zero attached hydrogens (tertiary/aromatic N) is 2. The third kappa shape index (κ3) is 1.98. The summed E-state index contributed by atoms with van der Waals surface area (Å²) in [5.74, 6) is -0.444. The topological polar surface area (TPSA) is 64.1 Å². The van der Waals surface area contributed by atoms with Gasteiger partial charge < -0.3 is 15.4 Å². The Balaban J connectivity index is 3.19. The van der Waals surface area contributed by atoms with Crippen LogP contribution in [0.1, 0.15) is 12.2 Å². The van der Waals surface area contributed by atoms with Crippen molar-refractivity contribution in [2.75, 3.05) is 6.54 Å². The molecule has 0 unspecified atom stereocenters. The second-order valence-corrected chi connectivity index (χ2v) is 3.26. The van der Waals surface area contributed by atoms with Crippen LogP contribution in [0.15, 0.2) is 12.4 Å². The van der Waals surface area contributed by atoms with E-state index in [2.05, 4.69) is 4.98 Å². The second-order valence-electron chi connectivity index (χ2n) is 3.26. The average Bonchev–Trinajstić information content (AvgIpc) is 2.50. The predicted molar refractivity (Wildman–Crippen MR) is 46.8 cm³/mol. The molecule has 1 aromatic heterocycles. The maximum Gasteiger partial charge on any atom is 0.424 e. The number of imidazole rings is 1. The van der Waals surface area contributed by atoms with Gasteiger partial charge in [-0.15, -0.1) is 0 Å². The highest BCUT2D eigenvalue weighted by atomic mass is 19.4. The summed E-state index contributed by atoms with van der Waals surface area (Å²) >= 11 is 0. The van der Waals surface area contributed by atoms with E-state index in [9.17, 15) is 18.3 Å². The van der Waals surface area contributed by atoms with Crippen molar-refractivity contribution in [1.29, 1.82) is 0 Å². The lowest BCUT2D eigenvalue weighted by atomic mass is 9.98.